The Bertz CT molecular complexity index is 1020. The first kappa shape index (κ1) is 61.1. The van der Waals surface area contributed by atoms with Crippen LogP contribution in [0.2, 0.25) is 82.2 Å². The van der Waals surface area contributed by atoms with Gasteiger partial charge in [0.1, 0.15) is 24.4 Å². The van der Waals surface area contributed by atoms with E-state index in [-0.39, 0.29) is 44.6 Å². The van der Waals surface area contributed by atoms with Crippen LogP contribution < -0.4 is 10.4 Å². The van der Waals surface area contributed by atoms with Crippen molar-refractivity contribution in [3.05, 3.63) is 24.3 Å². The molecule has 8 nitrogen and oxygen atoms in total. The molecule has 0 spiro atoms. The largest absolute Gasteiger partial charge is 0.379 e. The average molecular weight is 880 g/mol. The van der Waals surface area contributed by atoms with Gasteiger partial charge in [0.25, 0.3) is 0 Å². The van der Waals surface area contributed by atoms with Crippen molar-refractivity contribution in [2.24, 2.45) is 0 Å². The van der Waals surface area contributed by atoms with Gasteiger partial charge in [0.05, 0.1) is 69.0 Å². The summed E-state index contributed by atoms with van der Waals surface area (Å²) >= 11 is 0. The lowest BCUT2D eigenvalue weighted by atomic mass is 10.4. The number of hydrogen-bond acceptors (Lipinski definition) is 8. The molecule has 1 aromatic rings. The zero-order valence-corrected chi connectivity index (χ0v) is 37.7. The van der Waals surface area contributed by atoms with E-state index in [0.717, 1.165) is 92.1 Å². The second-order valence-electron chi connectivity index (χ2n) is 18.4. The van der Waals surface area contributed by atoms with E-state index in [2.05, 4.69) is 76.6 Å². The molecule has 12 heteroatoms. The Kier molecular flexibility index (Phi) is 32.1. The van der Waals surface area contributed by atoms with Crippen LogP contribution in [0, 0.1) is 0 Å². The molecule has 342 valence electrons. The van der Waals surface area contributed by atoms with Gasteiger partial charge < -0.3 is 37.9 Å². The molecule has 0 amide bonds. The summed E-state index contributed by atoms with van der Waals surface area (Å²) in [6.07, 6.45) is 6.32. The van der Waals surface area contributed by atoms with Gasteiger partial charge in [-0.05, 0) is 25.7 Å². The molecule has 4 saturated heterocycles. The summed E-state index contributed by atoms with van der Waals surface area (Å²) in [6, 6.07) is 15.0. The van der Waals surface area contributed by atoms with Gasteiger partial charge in [-0.1, -0.05) is 161 Å². The molecule has 4 fully saturated rings. The maximum absolute atomic E-state index is 5.71. The van der Waals surface area contributed by atoms with Gasteiger partial charge in [-0.2, -0.15) is 0 Å². The SMILES string of the molecule is C.C.C.C.C.C.C[Si](C)(CCCOCC1CO1)C[Si](C)(C)CCCOCC1CO1.C[Si](C)(CCCOCC1CO1)c1ccc([Si](C)(C)CCCOCC2CO2)cc1. The lowest BCUT2D eigenvalue weighted by molar-refractivity contribution is 0.117. The lowest BCUT2D eigenvalue weighted by Crippen LogP contribution is -2.45. The highest BCUT2D eigenvalue weighted by atomic mass is 28.4. The second kappa shape index (κ2) is 29.9. The molecule has 4 aliphatic rings. The first-order valence-electron chi connectivity index (χ1n) is 20.1. The molecule has 5 rings (SSSR count). The molecular weight excluding hydrogens is 781 g/mol. The highest BCUT2D eigenvalue weighted by Gasteiger charge is 2.32. The van der Waals surface area contributed by atoms with Gasteiger partial charge in [-0.25, -0.2) is 0 Å². The van der Waals surface area contributed by atoms with Gasteiger partial charge in [0, 0.05) is 42.6 Å². The van der Waals surface area contributed by atoms with E-state index >= 15 is 0 Å². The van der Waals surface area contributed by atoms with Crippen molar-refractivity contribution in [2.45, 2.75) is 177 Å². The highest BCUT2D eigenvalue weighted by Crippen LogP contribution is 2.28. The molecular formula is C45H98O8Si4. The molecule has 57 heavy (non-hydrogen) atoms. The van der Waals surface area contributed by atoms with Crippen molar-refractivity contribution in [1.29, 1.82) is 0 Å². The van der Waals surface area contributed by atoms with E-state index in [1.165, 1.54) is 42.7 Å². The van der Waals surface area contributed by atoms with E-state index in [0.29, 0.717) is 24.4 Å². The minimum absolute atomic E-state index is 0. The third-order valence-corrected chi connectivity index (χ3v) is 28.8. The van der Waals surface area contributed by atoms with Crippen molar-refractivity contribution in [3.63, 3.8) is 0 Å². The fraction of sp³-hybridized carbons (Fsp3) is 0.867. The summed E-state index contributed by atoms with van der Waals surface area (Å²) in [5, 5.41) is 3.14. The van der Waals surface area contributed by atoms with Crippen LogP contribution in [0.4, 0.5) is 0 Å². The van der Waals surface area contributed by atoms with E-state index in [4.69, 9.17) is 37.9 Å². The van der Waals surface area contributed by atoms with Gasteiger partial charge in [-0.15, -0.1) is 0 Å². The fourth-order valence-corrected chi connectivity index (χ4v) is 25.9. The van der Waals surface area contributed by atoms with E-state index in [1.54, 1.807) is 10.4 Å². The predicted molar refractivity (Wildman–Crippen MR) is 261 cm³/mol. The predicted octanol–water partition coefficient (Wildman–Crippen LogP) is 10.5. The number of rotatable bonds is 28. The fourth-order valence-electron chi connectivity index (χ4n) is 7.19. The molecule has 4 heterocycles. The maximum atomic E-state index is 5.71. The number of hydrogen-bond donors (Lipinski definition) is 0. The van der Waals surface area contributed by atoms with Gasteiger partial charge in [0.15, 0.2) is 0 Å². The second-order valence-corrected chi connectivity index (χ2v) is 39.1. The zero-order valence-electron chi connectivity index (χ0n) is 33.7. The summed E-state index contributed by atoms with van der Waals surface area (Å²) < 4.78 is 43.5. The van der Waals surface area contributed by atoms with Crippen LogP contribution in [0.5, 0.6) is 0 Å². The van der Waals surface area contributed by atoms with E-state index in [1.807, 2.05) is 0 Å². The average Bonchev–Trinajstić information content (AvgIpc) is 3.86. The Morgan fingerprint density at radius 2 is 0.649 bits per heavy atom. The van der Waals surface area contributed by atoms with Crippen molar-refractivity contribution in [1.82, 2.24) is 0 Å². The minimum atomic E-state index is -1.39. The zero-order chi connectivity index (χ0) is 36.8. The summed E-state index contributed by atoms with van der Waals surface area (Å²) in [5.41, 5.74) is 1.53. The standard InChI is InChI=1S/C22H38O4Si2.C17H36O4Si2.6CH4/c1-27(2,13-5-11-23-15-19-17-25-19)21-7-9-22(10-8-21)28(3,4)14-6-12-24-16-20-18-26-20;1-22(2,9-5-7-18-11-16-13-20-16)15-23(3,4)10-6-8-19-12-17-14-21-17;;;;;;/h7-10,19-20H,5-6,11-18H2,1-4H3;16-17H,5-15H2,1-4H3;6*1H4. The Hall–Kier alpha value is -0.232. The van der Waals surface area contributed by atoms with Gasteiger partial charge in [0.2, 0.25) is 0 Å². The molecule has 1 aromatic carbocycles. The normalized spacial score (nSPS) is 20.4. The maximum Gasteiger partial charge on any atom is 0.104 e. The van der Waals surface area contributed by atoms with Crippen LogP contribution in [-0.4, -0.2) is 136 Å². The third kappa shape index (κ3) is 28.1. The highest BCUT2D eigenvalue weighted by molar-refractivity contribution is 6.95. The molecule has 0 aromatic heterocycles. The van der Waals surface area contributed by atoms with Crippen molar-refractivity contribution < 1.29 is 37.9 Å². The number of ether oxygens (including phenoxy) is 8. The molecule has 0 N–H and O–H groups in total. The van der Waals surface area contributed by atoms with Crippen LogP contribution in [0.1, 0.15) is 70.2 Å². The van der Waals surface area contributed by atoms with Crippen LogP contribution in [0.3, 0.4) is 0 Å². The molecule has 0 saturated carbocycles. The monoisotopic (exact) mass is 879 g/mol. The number of benzene rings is 1. The summed E-state index contributed by atoms with van der Waals surface area (Å²) in [6.45, 7) is 30.4. The summed E-state index contributed by atoms with van der Waals surface area (Å²) in [7, 11) is -4.96. The lowest BCUT2D eigenvalue weighted by Gasteiger charge is -2.32. The topological polar surface area (TPSA) is 87.0 Å². The molecule has 0 aliphatic carbocycles. The van der Waals surface area contributed by atoms with Gasteiger partial charge in [-0.3, -0.25) is 0 Å². The van der Waals surface area contributed by atoms with Crippen LogP contribution in [-0.2, 0) is 37.9 Å². The summed E-state index contributed by atoms with van der Waals surface area (Å²) in [5.74, 6) is 0. The van der Waals surface area contributed by atoms with Crippen LogP contribution in [0.15, 0.2) is 24.3 Å². The van der Waals surface area contributed by atoms with Crippen LogP contribution in [0.25, 0.3) is 0 Å². The minimum Gasteiger partial charge on any atom is -0.379 e. The summed E-state index contributed by atoms with van der Waals surface area (Å²) in [4.78, 5) is 0. The molecule has 4 unspecified atom stereocenters. The van der Waals surface area contributed by atoms with Crippen molar-refractivity contribution in [2.75, 3.05) is 79.3 Å². The Morgan fingerprint density at radius 1 is 0.421 bits per heavy atom. The molecule has 4 atom stereocenters. The Morgan fingerprint density at radius 3 is 0.877 bits per heavy atom. The van der Waals surface area contributed by atoms with Crippen LogP contribution >= 0.6 is 0 Å². The van der Waals surface area contributed by atoms with E-state index < -0.39 is 32.3 Å². The third-order valence-electron chi connectivity index (χ3n) is 10.7. The first-order chi connectivity index (χ1) is 24.2. The van der Waals surface area contributed by atoms with E-state index in [9.17, 15) is 0 Å². The van der Waals surface area contributed by atoms with Gasteiger partial charge >= 0.3 is 0 Å². The van der Waals surface area contributed by atoms with Crippen molar-refractivity contribution in [3.8, 4) is 0 Å². The first-order valence-corrected chi connectivity index (χ1v) is 33.4. The molecule has 4 aliphatic heterocycles. The Balaban J connectivity index is -0.000000940. The van der Waals surface area contributed by atoms with Crippen molar-refractivity contribution >= 4 is 42.7 Å². The smallest absolute Gasteiger partial charge is 0.104 e. The quantitative estimate of drug-likeness (QED) is 0.0467. The number of epoxide rings is 4. The molecule has 0 bridgehead atoms. The molecule has 0 radical (unpaired) electrons. The Labute approximate surface area is 359 Å².